The quantitative estimate of drug-likeness (QED) is 0.488. The molecule has 1 N–H and O–H groups in total. The van der Waals surface area contributed by atoms with Gasteiger partial charge in [-0.3, -0.25) is 13.9 Å². The van der Waals surface area contributed by atoms with E-state index in [0.717, 1.165) is 4.31 Å². The summed E-state index contributed by atoms with van der Waals surface area (Å²) in [4.78, 5) is 27.8. The van der Waals surface area contributed by atoms with Crippen molar-refractivity contribution in [3.8, 4) is 11.5 Å². The van der Waals surface area contributed by atoms with Crippen LogP contribution in [0.4, 0.5) is 10.1 Å². The van der Waals surface area contributed by atoms with Gasteiger partial charge in [0.1, 0.15) is 31.6 Å². The first-order chi connectivity index (χ1) is 17.2. The normalized spacial score (nSPS) is 13.6. The van der Waals surface area contributed by atoms with E-state index in [2.05, 4.69) is 5.32 Å². The fourth-order valence-corrected chi connectivity index (χ4v) is 4.96. The Kier molecular flexibility index (Phi) is 9.14. The van der Waals surface area contributed by atoms with Crippen LogP contribution in [-0.2, 0) is 26.2 Å². The third kappa shape index (κ3) is 6.45. The van der Waals surface area contributed by atoms with Gasteiger partial charge in [-0.05, 0) is 50.1 Å². The van der Waals surface area contributed by atoms with E-state index in [1.54, 1.807) is 26.0 Å². The summed E-state index contributed by atoms with van der Waals surface area (Å²) < 4.78 is 51.7. The van der Waals surface area contributed by atoms with Crippen LogP contribution in [0.15, 0.2) is 42.5 Å². The lowest BCUT2D eigenvalue weighted by atomic mass is 10.1. The molecule has 9 nitrogen and oxygen atoms in total. The highest BCUT2D eigenvalue weighted by Crippen LogP contribution is 2.35. The summed E-state index contributed by atoms with van der Waals surface area (Å²) in [5.41, 5.74) is 0.860. The average molecular weight is 522 g/mol. The van der Waals surface area contributed by atoms with Crippen molar-refractivity contribution >= 4 is 27.5 Å². The molecule has 2 aromatic carbocycles. The number of anilines is 1. The van der Waals surface area contributed by atoms with Crippen LogP contribution in [0.1, 0.15) is 32.8 Å². The second kappa shape index (κ2) is 12.1. The van der Waals surface area contributed by atoms with E-state index in [9.17, 15) is 22.4 Å². The topological polar surface area (TPSA) is 105 Å². The number of carbonyl (C=O) groups is 2. The van der Waals surface area contributed by atoms with Crippen molar-refractivity contribution < 1.29 is 31.9 Å². The molecule has 0 spiro atoms. The largest absolute Gasteiger partial charge is 0.486 e. The van der Waals surface area contributed by atoms with E-state index < -0.39 is 34.3 Å². The van der Waals surface area contributed by atoms with E-state index >= 15 is 0 Å². The van der Waals surface area contributed by atoms with Gasteiger partial charge in [0.15, 0.2) is 11.5 Å². The van der Waals surface area contributed by atoms with Crippen molar-refractivity contribution in [2.45, 2.75) is 39.8 Å². The van der Waals surface area contributed by atoms with Gasteiger partial charge in [0.2, 0.25) is 21.8 Å². The highest BCUT2D eigenvalue weighted by molar-refractivity contribution is 7.92. The molecular weight excluding hydrogens is 489 g/mol. The van der Waals surface area contributed by atoms with Crippen molar-refractivity contribution in [3.63, 3.8) is 0 Å². The van der Waals surface area contributed by atoms with E-state index in [1.165, 1.54) is 42.2 Å². The van der Waals surface area contributed by atoms with Gasteiger partial charge in [0.05, 0.1) is 11.4 Å². The van der Waals surface area contributed by atoms with Crippen molar-refractivity contribution in [1.29, 1.82) is 0 Å². The molecule has 196 valence electrons. The molecule has 0 unspecified atom stereocenters. The molecular formula is C25H32FN3O6S. The molecule has 0 fully saturated rings. The number of nitrogens with zero attached hydrogens (tertiary/aromatic N) is 2. The van der Waals surface area contributed by atoms with Crippen LogP contribution < -0.4 is 19.1 Å². The Bertz CT molecular complexity index is 1170. The second-order valence-corrected chi connectivity index (χ2v) is 10.4. The summed E-state index contributed by atoms with van der Waals surface area (Å²) in [5, 5.41) is 2.73. The van der Waals surface area contributed by atoms with Gasteiger partial charge >= 0.3 is 0 Å². The Morgan fingerprint density at radius 1 is 1.03 bits per heavy atom. The number of ether oxygens (including phenoxy) is 2. The van der Waals surface area contributed by atoms with E-state index in [4.69, 9.17) is 9.47 Å². The number of amides is 2. The third-order valence-electron chi connectivity index (χ3n) is 5.80. The van der Waals surface area contributed by atoms with Crippen LogP contribution >= 0.6 is 0 Å². The van der Waals surface area contributed by atoms with Crippen molar-refractivity contribution in [1.82, 2.24) is 10.2 Å². The highest BCUT2D eigenvalue weighted by atomic mass is 32.2. The standard InChI is InChI=1S/C25H32FN3O6S/c1-4-21(25(31)27-5-2)28(16-18-7-9-19(26)10-8-18)24(30)17-29(36(32,33)6-3)20-11-12-22-23(15-20)35-14-13-34-22/h7-12,15,21H,4-6,13-14,16-17H2,1-3H3,(H,27,31)/t21-/m0/s1. The zero-order valence-corrected chi connectivity index (χ0v) is 21.5. The highest BCUT2D eigenvalue weighted by Gasteiger charge is 2.32. The minimum absolute atomic E-state index is 0.00983. The summed E-state index contributed by atoms with van der Waals surface area (Å²) in [6.07, 6.45) is 0.309. The number of hydrogen-bond donors (Lipinski definition) is 1. The molecule has 0 aromatic heterocycles. The van der Waals surface area contributed by atoms with Crippen LogP contribution in [0.5, 0.6) is 11.5 Å². The molecule has 0 bridgehead atoms. The van der Waals surface area contributed by atoms with Crippen LogP contribution in [0, 0.1) is 5.82 Å². The van der Waals surface area contributed by atoms with E-state index in [1.807, 2.05) is 0 Å². The minimum Gasteiger partial charge on any atom is -0.486 e. The van der Waals surface area contributed by atoms with Crippen LogP contribution in [0.2, 0.25) is 0 Å². The molecule has 1 aliphatic rings. The summed E-state index contributed by atoms with van der Waals surface area (Å²) in [7, 11) is -3.87. The first-order valence-corrected chi connectivity index (χ1v) is 13.5. The lowest BCUT2D eigenvalue weighted by molar-refractivity contribution is -0.140. The number of rotatable bonds is 11. The number of halogens is 1. The number of sulfonamides is 1. The SMILES string of the molecule is CCNC(=O)[C@H](CC)N(Cc1ccc(F)cc1)C(=O)CN(c1ccc2c(c1)OCCO2)S(=O)(=O)CC. The van der Waals surface area contributed by atoms with Gasteiger partial charge in [-0.15, -0.1) is 0 Å². The number of nitrogens with one attached hydrogen (secondary N) is 1. The lowest BCUT2D eigenvalue weighted by Gasteiger charge is -2.33. The number of likely N-dealkylation sites (N-methyl/N-ethyl adjacent to an activating group) is 1. The molecule has 36 heavy (non-hydrogen) atoms. The summed E-state index contributed by atoms with van der Waals surface area (Å²) >= 11 is 0. The maximum absolute atomic E-state index is 13.7. The van der Waals surface area contributed by atoms with Crippen molar-refractivity contribution in [2.24, 2.45) is 0 Å². The molecule has 1 heterocycles. The van der Waals surface area contributed by atoms with E-state index in [0.29, 0.717) is 43.2 Å². The van der Waals surface area contributed by atoms with Crippen LogP contribution in [0.25, 0.3) is 0 Å². The predicted octanol–water partition coefficient (Wildman–Crippen LogP) is 2.70. The summed E-state index contributed by atoms with van der Waals surface area (Å²) in [6.45, 7) is 5.61. The molecule has 0 saturated heterocycles. The first kappa shape index (κ1) is 27.3. The summed E-state index contributed by atoms with van der Waals surface area (Å²) in [5.74, 6) is -0.694. The fourth-order valence-electron chi connectivity index (χ4n) is 3.90. The van der Waals surface area contributed by atoms with Crippen molar-refractivity contribution in [2.75, 3.05) is 36.4 Å². The Labute approximate surface area is 211 Å². The maximum Gasteiger partial charge on any atom is 0.244 e. The average Bonchev–Trinajstić information content (AvgIpc) is 2.88. The Balaban J connectivity index is 1.97. The predicted molar refractivity (Wildman–Crippen MR) is 134 cm³/mol. The van der Waals surface area contributed by atoms with E-state index in [-0.39, 0.29) is 23.9 Å². The van der Waals surface area contributed by atoms with Gasteiger partial charge < -0.3 is 19.7 Å². The Morgan fingerprint density at radius 2 is 1.69 bits per heavy atom. The smallest absolute Gasteiger partial charge is 0.244 e. The van der Waals surface area contributed by atoms with Gasteiger partial charge in [0.25, 0.3) is 0 Å². The molecule has 2 amide bonds. The molecule has 1 aliphatic heterocycles. The molecule has 11 heteroatoms. The van der Waals surface area contributed by atoms with Crippen LogP contribution in [0.3, 0.4) is 0 Å². The van der Waals surface area contributed by atoms with Gasteiger partial charge in [-0.25, -0.2) is 12.8 Å². The molecule has 3 rings (SSSR count). The number of fused-ring (bicyclic) bond motifs is 1. The molecule has 0 radical (unpaired) electrons. The zero-order valence-electron chi connectivity index (χ0n) is 20.7. The van der Waals surface area contributed by atoms with Gasteiger partial charge in [0, 0.05) is 19.2 Å². The van der Waals surface area contributed by atoms with Gasteiger partial charge in [-0.2, -0.15) is 0 Å². The lowest BCUT2D eigenvalue weighted by Crippen LogP contribution is -2.52. The number of hydrogen-bond acceptors (Lipinski definition) is 6. The first-order valence-electron chi connectivity index (χ1n) is 11.9. The fraction of sp³-hybridized carbons (Fsp3) is 0.440. The van der Waals surface area contributed by atoms with Gasteiger partial charge in [-0.1, -0.05) is 19.1 Å². The Hall–Kier alpha value is -3.34. The molecule has 0 aliphatic carbocycles. The monoisotopic (exact) mass is 521 g/mol. The Morgan fingerprint density at radius 3 is 2.31 bits per heavy atom. The molecule has 0 saturated carbocycles. The van der Waals surface area contributed by atoms with Crippen molar-refractivity contribution in [3.05, 3.63) is 53.8 Å². The minimum atomic E-state index is -3.87. The summed E-state index contributed by atoms with van der Waals surface area (Å²) in [6, 6.07) is 9.45. The molecule has 1 atom stereocenters. The molecule has 2 aromatic rings. The van der Waals surface area contributed by atoms with Crippen LogP contribution in [-0.4, -0.2) is 63.2 Å². The zero-order chi connectivity index (χ0) is 26.3. The number of carbonyl (C=O) groups excluding carboxylic acids is 2. The number of benzene rings is 2. The second-order valence-electron chi connectivity index (χ2n) is 8.20. The maximum atomic E-state index is 13.7. The third-order valence-corrected chi connectivity index (χ3v) is 7.54.